The molecule has 4 heteroatoms. The Bertz CT molecular complexity index is 288. The molecule has 0 aromatic carbocycles. The maximum Gasteiger partial charge on any atom is 0.156 e. The van der Waals surface area contributed by atoms with Crippen LogP contribution in [-0.4, -0.2) is 48.0 Å². The minimum Gasteiger partial charge on any atom is -0.361 e. The van der Waals surface area contributed by atoms with E-state index in [2.05, 4.69) is 36.0 Å². The number of nitrogens with zero attached hydrogens (tertiary/aromatic N) is 2. The molecule has 0 saturated carbocycles. The van der Waals surface area contributed by atoms with Crippen LogP contribution in [0.5, 0.6) is 0 Å². The van der Waals surface area contributed by atoms with Crippen molar-refractivity contribution in [3.05, 3.63) is 0 Å². The van der Waals surface area contributed by atoms with Crippen LogP contribution in [0, 0.1) is 5.41 Å². The van der Waals surface area contributed by atoms with Crippen molar-refractivity contribution < 1.29 is 0 Å². The summed E-state index contributed by atoms with van der Waals surface area (Å²) in [5.74, 6) is 1.18. The predicted molar refractivity (Wildman–Crippen MR) is 76.8 cm³/mol. The molecule has 1 atom stereocenters. The Morgan fingerprint density at radius 2 is 2.35 bits per heavy atom. The van der Waals surface area contributed by atoms with Gasteiger partial charge in [0.05, 0.1) is 0 Å². The molecule has 0 aliphatic carbocycles. The highest BCUT2D eigenvalue weighted by Gasteiger charge is 2.25. The van der Waals surface area contributed by atoms with Crippen LogP contribution in [0.4, 0.5) is 0 Å². The van der Waals surface area contributed by atoms with Gasteiger partial charge in [0.25, 0.3) is 0 Å². The maximum atomic E-state index is 4.68. The molecule has 98 valence electrons. The molecule has 1 unspecified atom stereocenters. The number of amidine groups is 1. The molecular formula is C13H25N3S. The Hall–Kier alpha value is -0.220. The second-order valence-electron chi connectivity index (χ2n) is 5.95. The second-order valence-corrected chi connectivity index (χ2v) is 6.92. The van der Waals surface area contributed by atoms with Crippen molar-refractivity contribution in [1.29, 1.82) is 0 Å². The number of hydrogen-bond donors (Lipinski definition) is 1. The fraction of sp³-hybridized carbons (Fsp3) is 0.923. The smallest absolute Gasteiger partial charge is 0.156 e. The summed E-state index contributed by atoms with van der Waals surface area (Å²) in [5, 5.41) is 4.80. The van der Waals surface area contributed by atoms with Gasteiger partial charge in [-0.25, -0.2) is 0 Å². The molecule has 0 aromatic heterocycles. The lowest BCUT2D eigenvalue weighted by molar-refractivity contribution is 0.210. The van der Waals surface area contributed by atoms with Crippen LogP contribution in [-0.2, 0) is 0 Å². The van der Waals surface area contributed by atoms with Crippen LogP contribution in [0.1, 0.15) is 33.6 Å². The van der Waals surface area contributed by atoms with Crippen molar-refractivity contribution in [2.45, 2.75) is 39.7 Å². The highest BCUT2D eigenvalue weighted by atomic mass is 32.2. The fourth-order valence-corrected chi connectivity index (χ4v) is 3.39. The summed E-state index contributed by atoms with van der Waals surface area (Å²) in [5.41, 5.74) is 0.373. The number of hydrogen-bond acceptors (Lipinski definition) is 4. The molecule has 0 amide bonds. The molecule has 2 rings (SSSR count). The van der Waals surface area contributed by atoms with Crippen molar-refractivity contribution in [3.63, 3.8) is 0 Å². The Balaban J connectivity index is 1.83. The van der Waals surface area contributed by atoms with Gasteiger partial charge in [-0.3, -0.25) is 4.99 Å². The van der Waals surface area contributed by atoms with Crippen molar-refractivity contribution in [3.8, 4) is 0 Å². The van der Waals surface area contributed by atoms with Crippen LogP contribution in [0.25, 0.3) is 0 Å². The summed E-state index contributed by atoms with van der Waals surface area (Å²) in [6, 6.07) is 0.608. The lowest BCUT2D eigenvalue weighted by Crippen LogP contribution is -2.47. The first-order valence-electron chi connectivity index (χ1n) is 6.75. The first-order chi connectivity index (χ1) is 8.09. The fourth-order valence-electron chi connectivity index (χ4n) is 2.36. The van der Waals surface area contributed by atoms with Gasteiger partial charge in [0.2, 0.25) is 0 Å². The quantitative estimate of drug-likeness (QED) is 0.819. The van der Waals surface area contributed by atoms with Gasteiger partial charge in [-0.15, -0.1) is 0 Å². The number of thioether (sulfide) groups is 1. The van der Waals surface area contributed by atoms with Gasteiger partial charge >= 0.3 is 0 Å². The van der Waals surface area contributed by atoms with Gasteiger partial charge < -0.3 is 10.2 Å². The highest BCUT2D eigenvalue weighted by molar-refractivity contribution is 8.13. The normalized spacial score (nSPS) is 29.8. The third-order valence-electron chi connectivity index (χ3n) is 3.53. The largest absolute Gasteiger partial charge is 0.361 e. The first kappa shape index (κ1) is 13.2. The average molecular weight is 255 g/mol. The van der Waals surface area contributed by atoms with E-state index in [0.717, 1.165) is 6.54 Å². The van der Waals surface area contributed by atoms with E-state index >= 15 is 0 Å². The van der Waals surface area contributed by atoms with Gasteiger partial charge in [-0.1, -0.05) is 32.5 Å². The molecule has 1 N–H and O–H groups in total. The molecule has 0 spiro atoms. The molecule has 1 fully saturated rings. The van der Waals surface area contributed by atoms with Crippen molar-refractivity contribution in [2.24, 2.45) is 10.4 Å². The molecular weight excluding hydrogens is 230 g/mol. The summed E-state index contributed by atoms with van der Waals surface area (Å²) in [4.78, 5) is 7.20. The molecule has 0 bridgehead atoms. The zero-order chi connectivity index (χ0) is 12.3. The molecule has 3 nitrogen and oxygen atoms in total. The van der Waals surface area contributed by atoms with Gasteiger partial charge in [0.1, 0.15) is 0 Å². The minimum absolute atomic E-state index is 0.373. The summed E-state index contributed by atoms with van der Waals surface area (Å²) in [6.45, 7) is 11.4. The van der Waals surface area contributed by atoms with E-state index in [1.54, 1.807) is 0 Å². The van der Waals surface area contributed by atoms with Crippen molar-refractivity contribution >= 4 is 16.9 Å². The van der Waals surface area contributed by atoms with Gasteiger partial charge in [-0.05, 0) is 31.3 Å². The van der Waals surface area contributed by atoms with Crippen LogP contribution in [0.3, 0.4) is 0 Å². The van der Waals surface area contributed by atoms with E-state index in [0.29, 0.717) is 11.5 Å². The van der Waals surface area contributed by atoms with Gasteiger partial charge in [0.15, 0.2) is 5.17 Å². The molecule has 2 aliphatic heterocycles. The molecule has 17 heavy (non-hydrogen) atoms. The molecule has 0 aromatic rings. The van der Waals surface area contributed by atoms with Crippen LogP contribution in [0.15, 0.2) is 4.99 Å². The minimum atomic E-state index is 0.373. The standard InChI is InChI=1S/C13H25N3S/c1-4-16-7-5-6-11(8-16)15-12-14-9-13(2,3)10-17-12/h11H,4-10H2,1-3H3,(H,14,15). The lowest BCUT2D eigenvalue weighted by atomic mass is 9.97. The highest BCUT2D eigenvalue weighted by Crippen LogP contribution is 2.27. The number of likely N-dealkylation sites (tertiary alicyclic amines) is 1. The Morgan fingerprint density at radius 3 is 3.00 bits per heavy atom. The maximum absolute atomic E-state index is 4.68. The average Bonchev–Trinajstić information content (AvgIpc) is 2.32. The van der Waals surface area contributed by atoms with E-state index in [1.807, 2.05) is 11.8 Å². The monoisotopic (exact) mass is 255 g/mol. The number of likely N-dealkylation sites (N-methyl/N-ethyl adjacent to an activating group) is 1. The Labute approximate surface area is 109 Å². The third kappa shape index (κ3) is 3.88. The number of nitrogens with one attached hydrogen (secondary N) is 1. The Morgan fingerprint density at radius 1 is 1.53 bits per heavy atom. The van der Waals surface area contributed by atoms with E-state index < -0.39 is 0 Å². The molecule has 1 saturated heterocycles. The predicted octanol–water partition coefficient (Wildman–Crippen LogP) is 2.19. The summed E-state index contributed by atoms with van der Waals surface area (Å²) >= 11 is 1.89. The summed E-state index contributed by atoms with van der Waals surface area (Å²) in [6.07, 6.45) is 2.61. The number of aliphatic imine (C=N–C) groups is 1. The van der Waals surface area contributed by atoms with Crippen LogP contribution < -0.4 is 5.32 Å². The summed E-state index contributed by atoms with van der Waals surface area (Å²) in [7, 11) is 0. The van der Waals surface area contributed by atoms with Crippen LogP contribution >= 0.6 is 11.8 Å². The lowest BCUT2D eigenvalue weighted by Gasteiger charge is -2.34. The second kappa shape index (κ2) is 5.61. The SMILES string of the molecule is CCN1CCCC(NC2=NCC(C)(C)CS2)C1. The van der Waals surface area contributed by atoms with Gasteiger partial charge in [-0.2, -0.15) is 0 Å². The first-order valence-corrected chi connectivity index (χ1v) is 7.74. The molecule has 2 heterocycles. The van der Waals surface area contributed by atoms with E-state index in [4.69, 9.17) is 0 Å². The zero-order valence-corrected chi connectivity index (χ0v) is 12.1. The van der Waals surface area contributed by atoms with Crippen molar-refractivity contribution in [1.82, 2.24) is 10.2 Å². The van der Waals surface area contributed by atoms with E-state index in [1.165, 1.54) is 43.4 Å². The zero-order valence-electron chi connectivity index (χ0n) is 11.3. The number of piperidine rings is 1. The topological polar surface area (TPSA) is 27.6 Å². The summed E-state index contributed by atoms with van der Waals surface area (Å²) < 4.78 is 0. The van der Waals surface area contributed by atoms with Crippen molar-refractivity contribution in [2.75, 3.05) is 31.9 Å². The Kier molecular flexibility index (Phi) is 4.36. The molecule has 2 aliphatic rings. The molecule has 0 radical (unpaired) electrons. The van der Waals surface area contributed by atoms with Gasteiger partial charge in [0, 0.05) is 24.9 Å². The third-order valence-corrected chi connectivity index (χ3v) is 4.98. The van der Waals surface area contributed by atoms with Crippen LogP contribution in [0.2, 0.25) is 0 Å². The van der Waals surface area contributed by atoms with E-state index in [9.17, 15) is 0 Å². The number of rotatable bonds is 2. The van der Waals surface area contributed by atoms with E-state index in [-0.39, 0.29) is 0 Å².